The molecule has 0 saturated carbocycles. The number of aliphatic hydroxyl groups excluding tert-OH is 1. The molecule has 43 heavy (non-hydrogen) atoms. The van der Waals surface area contributed by atoms with Crippen molar-refractivity contribution in [2.24, 2.45) is 5.92 Å². The van der Waals surface area contributed by atoms with Crippen LogP contribution in [0.2, 0.25) is 18.6 Å². The summed E-state index contributed by atoms with van der Waals surface area (Å²) in [4.78, 5) is 58.0. The third-order valence-corrected chi connectivity index (χ3v) is 12.7. The number of fused-ring (bicyclic) bond motifs is 2. The Hall–Kier alpha value is -3.57. The molecule has 3 aromatic rings. The Morgan fingerprint density at radius 2 is 1.84 bits per heavy atom. The first-order chi connectivity index (χ1) is 20.5. The summed E-state index contributed by atoms with van der Waals surface area (Å²) in [5.41, 5.74) is 1.58. The second-order valence-corrected chi connectivity index (χ2v) is 17.0. The summed E-state index contributed by atoms with van der Waals surface area (Å²) in [6.07, 6.45) is 0.938. The van der Waals surface area contributed by atoms with Crippen LogP contribution in [0, 0.1) is 5.92 Å². The topological polar surface area (TPSA) is 111 Å². The quantitative estimate of drug-likeness (QED) is 0.424. The van der Waals surface area contributed by atoms with Crippen LogP contribution in [0.15, 0.2) is 54.6 Å². The van der Waals surface area contributed by atoms with Gasteiger partial charge in [0, 0.05) is 41.7 Å². The zero-order valence-electron chi connectivity index (χ0n) is 24.9. The minimum Gasteiger partial charge on any atom is -0.432 e. The maximum atomic E-state index is 14.2. The number of benzene rings is 3. The zero-order valence-corrected chi connectivity index (χ0v) is 25.9. The maximum absolute atomic E-state index is 14.2. The Kier molecular flexibility index (Phi) is 6.38. The van der Waals surface area contributed by atoms with E-state index in [0.717, 1.165) is 29.3 Å². The van der Waals surface area contributed by atoms with Crippen LogP contribution in [0.1, 0.15) is 42.1 Å². The van der Waals surface area contributed by atoms with Crippen molar-refractivity contribution in [2.75, 3.05) is 30.0 Å². The van der Waals surface area contributed by atoms with Gasteiger partial charge in [-0.05, 0) is 61.7 Å². The van der Waals surface area contributed by atoms with Gasteiger partial charge in [0.1, 0.15) is 0 Å². The van der Waals surface area contributed by atoms with Crippen LogP contribution in [-0.2, 0) is 19.9 Å². The maximum Gasteiger partial charge on any atom is 0.264 e. The molecule has 3 amide bonds. The van der Waals surface area contributed by atoms with Crippen LogP contribution in [-0.4, -0.2) is 73.2 Å². The normalized spacial score (nSPS) is 28.2. The molecular weight excluding hydrogens is 562 g/mol. The molecule has 2 saturated heterocycles. The van der Waals surface area contributed by atoms with Crippen molar-refractivity contribution < 1.29 is 29.0 Å². The average molecular weight is 600 g/mol. The van der Waals surface area contributed by atoms with Gasteiger partial charge < -0.3 is 24.4 Å². The number of ether oxygens (including phenoxy) is 1. The van der Waals surface area contributed by atoms with Crippen molar-refractivity contribution in [1.82, 2.24) is 4.90 Å². The SMILES string of the molecule is C[C@H]1[C@H]([Si](C)(C)O)[C@@H](CC(=O)N2CCC[C@H]2CO)O[C@]12C(=O)N(C)c1ccc(N3C(=O)c4cccc5cccc3c45)cc12. The molecule has 0 bridgehead atoms. The van der Waals surface area contributed by atoms with Gasteiger partial charge in [-0.3, -0.25) is 19.3 Å². The number of carbonyl (C=O) groups is 3. The summed E-state index contributed by atoms with van der Waals surface area (Å²) in [6.45, 7) is 6.10. The summed E-state index contributed by atoms with van der Waals surface area (Å²) in [5.74, 6) is -0.924. The fourth-order valence-corrected chi connectivity index (χ4v) is 10.9. The lowest BCUT2D eigenvalue weighted by atomic mass is 9.82. The molecule has 2 fully saturated rings. The van der Waals surface area contributed by atoms with E-state index < -0.39 is 31.5 Å². The minimum absolute atomic E-state index is 0.0260. The highest BCUT2D eigenvalue weighted by Crippen LogP contribution is 2.60. The Balaban J connectivity index is 1.31. The molecule has 0 unspecified atom stereocenters. The summed E-state index contributed by atoms with van der Waals surface area (Å²) in [7, 11) is -1.24. The lowest BCUT2D eigenvalue weighted by molar-refractivity contribution is -0.149. The molecule has 5 atom stereocenters. The molecule has 224 valence electrons. The van der Waals surface area contributed by atoms with Crippen molar-refractivity contribution in [3.05, 3.63) is 65.7 Å². The predicted molar refractivity (Wildman–Crippen MR) is 166 cm³/mol. The largest absolute Gasteiger partial charge is 0.432 e. The second kappa shape index (κ2) is 9.72. The van der Waals surface area contributed by atoms with Gasteiger partial charge in [-0.25, -0.2) is 0 Å². The lowest BCUT2D eigenvalue weighted by Crippen LogP contribution is -2.45. The molecule has 3 aromatic carbocycles. The summed E-state index contributed by atoms with van der Waals surface area (Å²) in [5, 5.41) is 11.7. The fourth-order valence-electron chi connectivity index (χ4n) is 8.33. The van der Waals surface area contributed by atoms with Crippen LogP contribution in [0.25, 0.3) is 10.8 Å². The monoisotopic (exact) mass is 599 g/mol. The van der Waals surface area contributed by atoms with Crippen LogP contribution < -0.4 is 9.80 Å². The van der Waals surface area contributed by atoms with Gasteiger partial charge in [0.25, 0.3) is 11.8 Å². The number of hydrogen-bond donors (Lipinski definition) is 2. The van der Waals surface area contributed by atoms with Crippen LogP contribution in [0.5, 0.6) is 0 Å². The van der Waals surface area contributed by atoms with Gasteiger partial charge in [0.2, 0.25) is 5.91 Å². The van der Waals surface area contributed by atoms with Crippen molar-refractivity contribution in [1.29, 1.82) is 0 Å². The third-order valence-electron chi connectivity index (χ3n) is 10.2. The van der Waals surface area contributed by atoms with Gasteiger partial charge in [0.15, 0.2) is 13.9 Å². The summed E-state index contributed by atoms with van der Waals surface area (Å²) < 4.78 is 6.80. The fraction of sp³-hybridized carbons (Fsp3) is 0.424. The van der Waals surface area contributed by atoms with E-state index in [9.17, 15) is 24.3 Å². The molecule has 9 nitrogen and oxygen atoms in total. The number of likely N-dealkylation sites (tertiary alicyclic amines) is 1. The van der Waals surface area contributed by atoms with Gasteiger partial charge in [0.05, 0.1) is 42.1 Å². The van der Waals surface area contributed by atoms with Crippen molar-refractivity contribution >= 4 is 53.9 Å². The molecule has 4 heterocycles. The average Bonchev–Trinajstić information content (AvgIpc) is 3.70. The first kappa shape index (κ1) is 28.2. The highest BCUT2D eigenvalue weighted by Gasteiger charge is 2.66. The molecule has 0 radical (unpaired) electrons. The summed E-state index contributed by atoms with van der Waals surface area (Å²) in [6, 6.07) is 16.9. The molecule has 4 aliphatic heterocycles. The van der Waals surface area contributed by atoms with Gasteiger partial charge in [-0.1, -0.05) is 31.2 Å². The van der Waals surface area contributed by atoms with E-state index in [-0.39, 0.29) is 36.8 Å². The van der Waals surface area contributed by atoms with E-state index in [1.807, 2.05) is 74.6 Å². The number of amides is 3. The second-order valence-electron chi connectivity index (χ2n) is 13.0. The van der Waals surface area contributed by atoms with E-state index in [1.165, 1.54) is 0 Å². The molecule has 7 rings (SSSR count). The Morgan fingerprint density at radius 3 is 2.56 bits per heavy atom. The standard InChI is InChI=1S/C33H37N3O6Si/c1-19-30(43(3,4)41)27(17-28(38)35-15-7-10-22(35)18-37)42-33(19)24-16-21(13-14-25(24)34(2)32(33)40)36-26-12-6-9-20-8-5-11-23(29(20)26)31(36)39/h5-6,8-9,11-14,16,19,22,27,30,37,41H,7,10,15,17-18H2,1-4H3/t19-,22-,27+,30-,33+/m0/s1. The first-order valence-electron chi connectivity index (χ1n) is 15.1. The highest BCUT2D eigenvalue weighted by molar-refractivity contribution is 6.71. The number of rotatable bonds is 5. The molecule has 2 N–H and O–H groups in total. The number of aliphatic hydroxyl groups is 1. The predicted octanol–water partition coefficient (Wildman–Crippen LogP) is 4.28. The Bertz CT molecular complexity index is 1680. The van der Waals surface area contributed by atoms with E-state index in [4.69, 9.17) is 4.74 Å². The number of anilines is 3. The van der Waals surface area contributed by atoms with Crippen molar-refractivity contribution in [3.63, 3.8) is 0 Å². The number of hydrogen-bond acceptors (Lipinski definition) is 6. The van der Waals surface area contributed by atoms with E-state index in [1.54, 1.807) is 21.7 Å². The Morgan fingerprint density at radius 1 is 1.09 bits per heavy atom. The number of likely N-dealkylation sites (N-methyl/N-ethyl adjacent to an activating group) is 1. The first-order valence-corrected chi connectivity index (χ1v) is 18.1. The smallest absolute Gasteiger partial charge is 0.264 e. The minimum atomic E-state index is -2.95. The van der Waals surface area contributed by atoms with E-state index in [0.29, 0.717) is 29.0 Å². The van der Waals surface area contributed by atoms with Crippen LogP contribution in [0.3, 0.4) is 0 Å². The van der Waals surface area contributed by atoms with Gasteiger partial charge >= 0.3 is 0 Å². The third kappa shape index (κ3) is 3.89. The van der Waals surface area contributed by atoms with Gasteiger partial charge in [-0.15, -0.1) is 0 Å². The molecule has 0 aliphatic carbocycles. The van der Waals surface area contributed by atoms with Crippen molar-refractivity contribution in [3.8, 4) is 0 Å². The molecule has 4 aliphatic rings. The molecule has 0 aromatic heterocycles. The highest BCUT2D eigenvalue weighted by atomic mass is 28.4. The van der Waals surface area contributed by atoms with Crippen LogP contribution >= 0.6 is 0 Å². The number of carbonyl (C=O) groups excluding carboxylic acids is 3. The zero-order chi connectivity index (χ0) is 30.4. The number of nitrogens with zero attached hydrogens (tertiary/aromatic N) is 3. The summed E-state index contributed by atoms with van der Waals surface area (Å²) >= 11 is 0. The molecular formula is C33H37N3O6Si. The molecule has 1 spiro atoms. The van der Waals surface area contributed by atoms with E-state index >= 15 is 0 Å². The molecule has 10 heteroatoms. The Labute approximate surface area is 251 Å². The van der Waals surface area contributed by atoms with Crippen molar-refractivity contribution in [2.45, 2.75) is 62.6 Å². The lowest BCUT2D eigenvalue weighted by Gasteiger charge is -2.32. The van der Waals surface area contributed by atoms with E-state index in [2.05, 4.69) is 0 Å². The van der Waals surface area contributed by atoms with Crippen LogP contribution in [0.4, 0.5) is 17.1 Å². The van der Waals surface area contributed by atoms with Gasteiger partial charge in [-0.2, -0.15) is 0 Å².